The molecule has 0 aromatic carbocycles. The molecule has 1 rings (SSSR count). The molecule has 4 heteroatoms. The molecule has 2 amide bonds. The zero-order valence-corrected chi connectivity index (χ0v) is 7.59. The first kappa shape index (κ1) is 9.59. The van der Waals surface area contributed by atoms with Gasteiger partial charge in [0.15, 0.2) is 0 Å². The Bertz CT molecular complexity index is 275. The molecule has 1 heterocycles. The number of hydrogen-bond donors (Lipinski definition) is 1. The van der Waals surface area contributed by atoms with Crippen molar-refractivity contribution >= 4 is 11.8 Å². The summed E-state index contributed by atoms with van der Waals surface area (Å²) >= 11 is 0. The molecule has 1 aliphatic rings. The summed E-state index contributed by atoms with van der Waals surface area (Å²) in [5.74, 6) is 4.34. The van der Waals surface area contributed by atoms with E-state index in [9.17, 15) is 9.59 Å². The fourth-order valence-corrected chi connectivity index (χ4v) is 1.19. The van der Waals surface area contributed by atoms with Crippen molar-refractivity contribution in [3.63, 3.8) is 0 Å². The number of nitrogens with one attached hydrogen (secondary N) is 1. The number of rotatable bonds is 1. The lowest BCUT2D eigenvalue weighted by atomic mass is 10.1. The Labute approximate surface area is 77.3 Å². The summed E-state index contributed by atoms with van der Waals surface area (Å²) in [6, 6.07) is 0. The number of carbonyl (C=O) groups excluding carboxylic acids is 2. The number of hydrogen-bond acceptors (Lipinski definition) is 2. The molecule has 1 saturated heterocycles. The van der Waals surface area contributed by atoms with E-state index in [0.717, 1.165) is 12.8 Å². The van der Waals surface area contributed by atoms with Crippen LogP contribution in [0, 0.1) is 11.8 Å². The van der Waals surface area contributed by atoms with Gasteiger partial charge < -0.3 is 0 Å². The van der Waals surface area contributed by atoms with Crippen molar-refractivity contribution in [3.8, 4) is 11.8 Å². The largest absolute Gasteiger partial charge is 0.314 e. The highest BCUT2D eigenvalue weighted by Gasteiger charge is 2.18. The Balaban J connectivity index is 2.45. The van der Waals surface area contributed by atoms with E-state index in [1.165, 1.54) is 5.01 Å². The first-order valence-corrected chi connectivity index (χ1v) is 4.28. The van der Waals surface area contributed by atoms with Crippen LogP contribution in [0.25, 0.3) is 0 Å². The highest BCUT2D eigenvalue weighted by Crippen LogP contribution is 2.07. The maximum absolute atomic E-state index is 11.2. The first-order valence-electron chi connectivity index (χ1n) is 4.28. The lowest BCUT2D eigenvalue weighted by molar-refractivity contribution is -0.141. The van der Waals surface area contributed by atoms with E-state index in [-0.39, 0.29) is 5.91 Å². The Morgan fingerprint density at radius 2 is 2.31 bits per heavy atom. The summed E-state index contributed by atoms with van der Waals surface area (Å²) in [4.78, 5) is 22.2. The van der Waals surface area contributed by atoms with E-state index < -0.39 is 5.91 Å². The molecule has 0 aliphatic carbocycles. The van der Waals surface area contributed by atoms with Gasteiger partial charge >= 0.3 is 5.91 Å². The molecule has 0 atom stereocenters. The van der Waals surface area contributed by atoms with Gasteiger partial charge in [-0.1, -0.05) is 5.92 Å². The molecule has 0 aromatic heterocycles. The van der Waals surface area contributed by atoms with Gasteiger partial charge in [-0.05, 0) is 25.7 Å². The van der Waals surface area contributed by atoms with Crippen molar-refractivity contribution in [1.82, 2.24) is 10.4 Å². The van der Waals surface area contributed by atoms with E-state index in [2.05, 4.69) is 17.3 Å². The molecule has 1 N–H and O–H groups in total. The lowest BCUT2D eigenvalue weighted by Crippen LogP contribution is -2.48. The highest BCUT2D eigenvalue weighted by atomic mass is 16.2. The molecule has 70 valence electrons. The second-order valence-electron chi connectivity index (χ2n) is 2.82. The molecular formula is C9H12N2O2. The van der Waals surface area contributed by atoms with Gasteiger partial charge in [-0.15, -0.1) is 0 Å². The molecule has 0 spiro atoms. The van der Waals surface area contributed by atoms with Gasteiger partial charge in [0.05, 0.1) is 0 Å². The highest BCUT2D eigenvalue weighted by molar-refractivity contribution is 5.94. The van der Waals surface area contributed by atoms with Crippen molar-refractivity contribution in [1.29, 1.82) is 0 Å². The third-order valence-electron chi connectivity index (χ3n) is 1.80. The number of nitrogens with zero attached hydrogens (tertiary/aromatic N) is 1. The molecule has 0 unspecified atom stereocenters. The van der Waals surface area contributed by atoms with Gasteiger partial charge in [-0.3, -0.25) is 20.0 Å². The van der Waals surface area contributed by atoms with Crippen LogP contribution < -0.4 is 5.43 Å². The SMILES string of the molecule is CC#CC(=O)NN1CCCCC1=O. The molecule has 4 nitrogen and oxygen atoms in total. The normalized spacial score (nSPS) is 16.1. The van der Waals surface area contributed by atoms with Crippen molar-refractivity contribution in [3.05, 3.63) is 0 Å². The van der Waals surface area contributed by atoms with Crippen LogP contribution >= 0.6 is 0 Å². The quantitative estimate of drug-likeness (QED) is 0.580. The monoisotopic (exact) mass is 180 g/mol. The van der Waals surface area contributed by atoms with E-state index in [0.29, 0.717) is 13.0 Å². The molecule has 1 aliphatic heterocycles. The Kier molecular flexibility index (Phi) is 3.32. The average molecular weight is 180 g/mol. The average Bonchev–Trinajstić information content (AvgIpc) is 2.09. The maximum atomic E-state index is 11.2. The van der Waals surface area contributed by atoms with Gasteiger partial charge in [0.2, 0.25) is 5.91 Å². The van der Waals surface area contributed by atoms with Crippen LogP contribution in [0.3, 0.4) is 0 Å². The van der Waals surface area contributed by atoms with E-state index >= 15 is 0 Å². The summed E-state index contributed by atoms with van der Waals surface area (Å²) in [5, 5.41) is 1.34. The van der Waals surface area contributed by atoms with E-state index in [1.807, 2.05) is 0 Å². The number of amides is 2. The fraction of sp³-hybridized carbons (Fsp3) is 0.556. The Morgan fingerprint density at radius 1 is 1.54 bits per heavy atom. The second-order valence-corrected chi connectivity index (χ2v) is 2.82. The zero-order valence-electron chi connectivity index (χ0n) is 7.59. The molecule has 0 aromatic rings. The first-order chi connectivity index (χ1) is 6.24. The van der Waals surface area contributed by atoms with Gasteiger partial charge in [0, 0.05) is 13.0 Å². The van der Waals surface area contributed by atoms with Crippen molar-refractivity contribution < 1.29 is 9.59 Å². The summed E-state index contributed by atoms with van der Waals surface area (Å²) in [6.07, 6.45) is 2.36. The minimum Gasteiger partial charge on any atom is -0.273 e. The number of hydrazine groups is 1. The third-order valence-corrected chi connectivity index (χ3v) is 1.80. The van der Waals surface area contributed by atoms with Gasteiger partial charge in [-0.2, -0.15) is 0 Å². The minimum absolute atomic E-state index is 0.0301. The fourth-order valence-electron chi connectivity index (χ4n) is 1.19. The van der Waals surface area contributed by atoms with Crippen LogP contribution in [0.1, 0.15) is 26.2 Å². The topological polar surface area (TPSA) is 49.4 Å². The summed E-state index contributed by atoms with van der Waals surface area (Å²) in [7, 11) is 0. The Morgan fingerprint density at radius 3 is 2.92 bits per heavy atom. The lowest BCUT2D eigenvalue weighted by Gasteiger charge is -2.25. The molecule has 1 fully saturated rings. The number of piperidine rings is 1. The summed E-state index contributed by atoms with van der Waals surface area (Å²) < 4.78 is 0. The molecule has 0 saturated carbocycles. The standard InChI is InChI=1S/C9H12N2O2/c1-2-5-8(12)10-11-7-4-3-6-9(11)13/h3-4,6-7H2,1H3,(H,10,12). The van der Waals surface area contributed by atoms with Crippen LogP contribution in [0.5, 0.6) is 0 Å². The maximum Gasteiger partial charge on any atom is 0.314 e. The predicted molar refractivity (Wildman–Crippen MR) is 47.2 cm³/mol. The Hall–Kier alpha value is -1.50. The minimum atomic E-state index is -0.419. The van der Waals surface area contributed by atoms with Gasteiger partial charge in [0.25, 0.3) is 0 Å². The van der Waals surface area contributed by atoms with Gasteiger partial charge in [0.1, 0.15) is 0 Å². The van der Waals surface area contributed by atoms with Crippen molar-refractivity contribution in [2.75, 3.05) is 6.54 Å². The zero-order chi connectivity index (χ0) is 9.68. The van der Waals surface area contributed by atoms with Crippen LogP contribution in [-0.2, 0) is 9.59 Å². The van der Waals surface area contributed by atoms with Crippen molar-refractivity contribution in [2.45, 2.75) is 26.2 Å². The smallest absolute Gasteiger partial charge is 0.273 e. The molecule has 0 radical (unpaired) electrons. The summed E-state index contributed by atoms with van der Waals surface area (Å²) in [5.41, 5.74) is 2.44. The van der Waals surface area contributed by atoms with Crippen molar-refractivity contribution in [2.24, 2.45) is 0 Å². The van der Waals surface area contributed by atoms with Gasteiger partial charge in [-0.25, -0.2) is 0 Å². The van der Waals surface area contributed by atoms with Crippen LogP contribution in [0.4, 0.5) is 0 Å². The van der Waals surface area contributed by atoms with E-state index in [1.54, 1.807) is 6.92 Å². The summed E-state index contributed by atoms with van der Waals surface area (Å²) in [6.45, 7) is 2.17. The second kappa shape index (κ2) is 4.51. The third kappa shape index (κ3) is 2.79. The molecule has 0 bridgehead atoms. The number of carbonyl (C=O) groups is 2. The van der Waals surface area contributed by atoms with E-state index in [4.69, 9.17) is 0 Å². The van der Waals surface area contributed by atoms with Crippen LogP contribution in [0.15, 0.2) is 0 Å². The predicted octanol–water partition coefficient (Wildman–Crippen LogP) is 0.0534. The molecular weight excluding hydrogens is 168 g/mol. The molecule has 13 heavy (non-hydrogen) atoms. The van der Waals surface area contributed by atoms with Crippen LogP contribution in [-0.4, -0.2) is 23.4 Å². The van der Waals surface area contributed by atoms with Crippen LogP contribution in [0.2, 0.25) is 0 Å².